The molecule has 2 rings (SSSR count). The van der Waals surface area contributed by atoms with Crippen LogP contribution in [0, 0.1) is 6.92 Å². The van der Waals surface area contributed by atoms with Crippen LogP contribution in [0.5, 0.6) is 0 Å². The van der Waals surface area contributed by atoms with Crippen LogP contribution < -0.4 is 5.73 Å². The van der Waals surface area contributed by atoms with Crippen molar-refractivity contribution in [2.45, 2.75) is 19.5 Å². The van der Waals surface area contributed by atoms with Crippen LogP contribution in [-0.4, -0.2) is 11.2 Å². The molecule has 2 N–H and O–H groups in total. The number of aryl methyl sites for hydroxylation is 1. The molecule has 0 aliphatic heterocycles. The fourth-order valence-electron chi connectivity index (χ4n) is 1.62. The minimum Gasteiger partial charge on any atom is -0.423 e. The Morgan fingerprint density at radius 2 is 2.06 bits per heavy atom. The van der Waals surface area contributed by atoms with Crippen molar-refractivity contribution in [2.24, 2.45) is 0 Å². The molecule has 16 heavy (non-hydrogen) atoms. The lowest BCUT2D eigenvalue weighted by Crippen LogP contribution is -2.11. The standard InChI is InChI=1S/C10H9F3N2O/c1-5-2-6(4-10(11,12)13)8-7(3-5)15-9(14)16-8/h2-3H,4H2,1H3,(H2,14,15). The van der Waals surface area contributed by atoms with E-state index in [1.807, 2.05) is 0 Å². The molecule has 0 saturated carbocycles. The summed E-state index contributed by atoms with van der Waals surface area (Å²) in [5.74, 6) is 0. The molecule has 1 aromatic carbocycles. The molecule has 0 amide bonds. The number of hydrogen-bond acceptors (Lipinski definition) is 3. The van der Waals surface area contributed by atoms with Crippen molar-refractivity contribution in [3.63, 3.8) is 0 Å². The Hall–Kier alpha value is -1.72. The van der Waals surface area contributed by atoms with Crippen LogP contribution in [0.1, 0.15) is 11.1 Å². The quantitative estimate of drug-likeness (QED) is 0.819. The van der Waals surface area contributed by atoms with Crippen molar-refractivity contribution in [3.05, 3.63) is 23.3 Å². The van der Waals surface area contributed by atoms with Gasteiger partial charge in [0.25, 0.3) is 6.01 Å². The molecule has 0 atom stereocenters. The van der Waals surface area contributed by atoms with E-state index in [0.717, 1.165) is 0 Å². The van der Waals surface area contributed by atoms with Crippen molar-refractivity contribution in [2.75, 3.05) is 5.73 Å². The Morgan fingerprint density at radius 1 is 1.38 bits per heavy atom. The van der Waals surface area contributed by atoms with Crippen molar-refractivity contribution in [3.8, 4) is 0 Å². The highest BCUT2D eigenvalue weighted by molar-refractivity contribution is 5.78. The second kappa shape index (κ2) is 3.40. The molecule has 0 saturated heterocycles. The normalized spacial score (nSPS) is 12.2. The van der Waals surface area contributed by atoms with E-state index in [1.165, 1.54) is 6.07 Å². The van der Waals surface area contributed by atoms with E-state index in [2.05, 4.69) is 4.98 Å². The van der Waals surface area contributed by atoms with Crippen LogP contribution in [0.4, 0.5) is 19.2 Å². The predicted octanol–water partition coefficient (Wildman–Crippen LogP) is 2.82. The number of benzene rings is 1. The van der Waals surface area contributed by atoms with Crippen LogP contribution in [-0.2, 0) is 6.42 Å². The topological polar surface area (TPSA) is 52.0 Å². The van der Waals surface area contributed by atoms with Crippen molar-refractivity contribution in [1.29, 1.82) is 0 Å². The number of nitrogens with two attached hydrogens (primary N) is 1. The molecule has 0 radical (unpaired) electrons. The Balaban J connectivity index is 2.58. The summed E-state index contributed by atoms with van der Waals surface area (Å²) >= 11 is 0. The van der Waals surface area contributed by atoms with Crippen molar-refractivity contribution < 1.29 is 17.6 Å². The van der Waals surface area contributed by atoms with E-state index >= 15 is 0 Å². The number of fused-ring (bicyclic) bond motifs is 1. The Morgan fingerprint density at radius 3 is 2.69 bits per heavy atom. The summed E-state index contributed by atoms with van der Waals surface area (Å²) in [5, 5.41) is 0. The summed E-state index contributed by atoms with van der Waals surface area (Å²) < 4.78 is 41.9. The van der Waals surface area contributed by atoms with Crippen molar-refractivity contribution in [1.82, 2.24) is 4.98 Å². The average molecular weight is 230 g/mol. The maximum atomic E-state index is 12.3. The number of rotatable bonds is 1. The first kappa shape index (κ1) is 10.8. The molecular formula is C10H9F3N2O. The first-order valence-electron chi connectivity index (χ1n) is 4.57. The summed E-state index contributed by atoms with van der Waals surface area (Å²) in [7, 11) is 0. The van der Waals surface area contributed by atoms with E-state index in [9.17, 15) is 13.2 Å². The Labute approximate surface area is 89.1 Å². The number of anilines is 1. The molecule has 2 aromatic rings. The fraction of sp³-hybridized carbons (Fsp3) is 0.300. The van der Waals surface area contributed by atoms with Crippen LogP contribution in [0.3, 0.4) is 0 Å². The third kappa shape index (κ3) is 2.10. The maximum absolute atomic E-state index is 12.3. The lowest BCUT2D eigenvalue weighted by atomic mass is 10.1. The van der Waals surface area contributed by atoms with E-state index in [-0.39, 0.29) is 17.2 Å². The smallest absolute Gasteiger partial charge is 0.393 e. The van der Waals surface area contributed by atoms with Gasteiger partial charge in [-0.25, -0.2) is 0 Å². The van der Waals surface area contributed by atoms with Crippen molar-refractivity contribution >= 4 is 17.1 Å². The van der Waals surface area contributed by atoms with Gasteiger partial charge in [0.15, 0.2) is 5.58 Å². The van der Waals surface area contributed by atoms with E-state index in [0.29, 0.717) is 11.1 Å². The summed E-state index contributed by atoms with van der Waals surface area (Å²) in [6.07, 6.45) is -5.32. The highest BCUT2D eigenvalue weighted by Gasteiger charge is 2.29. The largest absolute Gasteiger partial charge is 0.423 e. The van der Waals surface area contributed by atoms with Gasteiger partial charge in [0.1, 0.15) is 5.52 Å². The van der Waals surface area contributed by atoms with Crippen LogP contribution in [0.15, 0.2) is 16.5 Å². The van der Waals surface area contributed by atoms with E-state index in [4.69, 9.17) is 10.2 Å². The minimum absolute atomic E-state index is 0.0618. The number of aromatic nitrogens is 1. The number of oxazole rings is 1. The molecule has 0 bridgehead atoms. The van der Waals surface area contributed by atoms with E-state index < -0.39 is 12.6 Å². The second-order valence-electron chi connectivity index (χ2n) is 3.62. The van der Waals surface area contributed by atoms with Gasteiger partial charge >= 0.3 is 6.18 Å². The molecule has 0 spiro atoms. The van der Waals surface area contributed by atoms with Gasteiger partial charge in [-0.2, -0.15) is 18.2 Å². The summed E-state index contributed by atoms with van der Waals surface area (Å²) in [5.41, 5.74) is 6.54. The zero-order chi connectivity index (χ0) is 11.9. The molecule has 3 nitrogen and oxygen atoms in total. The number of halogens is 3. The number of nitrogen functional groups attached to an aromatic ring is 1. The lowest BCUT2D eigenvalue weighted by Gasteiger charge is -2.07. The molecular weight excluding hydrogens is 221 g/mol. The van der Waals surface area contributed by atoms with Gasteiger partial charge in [0.05, 0.1) is 6.42 Å². The van der Waals surface area contributed by atoms with Gasteiger partial charge in [-0.3, -0.25) is 0 Å². The highest BCUT2D eigenvalue weighted by Crippen LogP contribution is 2.29. The highest BCUT2D eigenvalue weighted by atomic mass is 19.4. The Kier molecular flexibility index (Phi) is 2.29. The average Bonchev–Trinajstić information content (AvgIpc) is 2.42. The van der Waals surface area contributed by atoms with Gasteiger partial charge in [0, 0.05) is 5.56 Å². The third-order valence-corrected chi connectivity index (χ3v) is 2.12. The molecule has 0 aliphatic rings. The molecule has 0 aliphatic carbocycles. The maximum Gasteiger partial charge on any atom is 0.393 e. The van der Waals surface area contributed by atoms with Gasteiger partial charge in [-0.15, -0.1) is 0 Å². The molecule has 6 heteroatoms. The molecule has 1 aromatic heterocycles. The number of hydrogen-bond donors (Lipinski definition) is 1. The van der Waals surface area contributed by atoms with Gasteiger partial charge in [0.2, 0.25) is 0 Å². The summed E-state index contributed by atoms with van der Waals surface area (Å²) in [6.45, 7) is 1.70. The van der Waals surface area contributed by atoms with Crippen LogP contribution in [0.25, 0.3) is 11.1 Å². The number of nitrogens with zero attached hydrogens (tertiary/aromatic N) is 1. The second-order valence-corrected chi connectivity index (χ2v) is 3.62. The lowest BCUT2D eigenvalue weighted by molar-refractivity contribution is -0.127. The molecule has 0 unspecified atom stereocenters. The zero-order valence-electron chi connectivity index (χ0n) is 8.43. The summed E-state index contributed by atoms with van der Waals surface area (Å²) in [4.78, 5) is 3.81. The van der Waals surface area contributed by atoms with Crippen LogP contribution in [0.2, 0.25) is 0 Å². The van der Waals surface area contributed by atoms with Crippen LogP contribution >= 0.6 is 0 Å². The number of alkyl halides is 3. The molecule has 0 fully saturated rings. The minimum atomic E-state index is -4.28. The first-order chi connectivity index (χ1) is 7.35. The van der Waals surface area contributed by atoms with Gasteiger partial charge in [-0.1, -0.05) is 6.07 Å². The summed E-state index contributed by atoms with van der Waals surface area (Å²) in [6, 6.07) is 2.94. The fourth-order valence-corrected chi connectivity index (χ4v) is 1.62. The van der Waals surface area contributed by atoms with Gasteiger partial charge < -0.3 is 10.2 Å². The molecule has 86 valence electrons. The third-order valence-electron chi connectivity index (χ3n) is 2.12. The molecule has 1 heterocycles. The zero-order valence-corrected chi connectivity index (χ0v) is 8.43. The first-order valence-corrected chi connectivity index (χ1v) is 4.57. The predicted molar refractivity (Wildman–Crippen MR) is 52.9 cm³/mol. The SMILES string of the molecule is Cc1cc(CC(F)(F)F)c2oc(N)nc2c1. The van der Waals surface area contributed by atoms with Gasteiger partial charge in [-0.05, 0) is 18.6 Å². The van der Waals surface area contributed by atoms with E-state index in [1.54, 1.807) is 13.0 Å². The monoisotopic (exact) mass is 230 g/mol. The Bertz CT molecular complexity index is 531.